The molecule has 0 aliphatic rings. The summed E-state index contributed by atoms with van der Waals surface area (Å²) in [5, 5.41) is 8.60. The van der Waals surface area contributed by atoms with E-state index < -0.39 is 0 Å². The van der Waals surface area contributed by atoms with E-state index >= 15 is 0 Å². The average Bonchev–Trinajstić information content (AvgIpc) is 2.71. The van der Waals surface area contributed by atoms with Gasteiger partial charge in [-0.15, -0.1) is 0 Å². The minimum atomic E-state index is 0.694. The van der Waals surface area contributed by atoms with Crippen molar-refractivity contribution in [3.05, 3.63) is 50.7 Å². The minimum Gasteiger partial charge on any atom is -0.313 e. The van der Waals surface area contributed by atoms with Crippen LogP contribution >= 0.6 is 27.5 Å². The van der Waals surface area contributed by atoms with Crippen LogP contribution in [0.2, 0.25) is 5.02 Å². The van der Waals surface area contributed by atoms with Crippen molar-refractivity contribution in [1.29, 1.82) is 0 Å². The first-order valence-corrected chi connectivity index (χ1v) is 7.44. The second-order valence-electron chi connectivity index (χ2n) is 4.45. The first-order chi connectivity index (χ1) is 9.10. The van der Waals surface area contributed by atoms with Gasteiger partial charge in [-0.05, 0) is 31.2 Å². The van der Waals surface area contributed by atoms with E-state index in [1.165, 1.54) is 5.56 Å². The van der Waals surface area contributed by atoms with Crippen molar-refractivity contribution in [2.24, 2.45) is 0 Å². The van der Waals surface area contributed by atoms with E-state index in [0.29, 0.717) is 6.54 Å². The molecule has 19 heavy (non-hydrogen) atoms. The van der Waals surface area contributed by atoms with Crippen LogP contribution in [-0.2, 0) is 13.1 Å². The Labute approximate surface area is 127 Å². The number of aromatic nitrogens is 2. The lowest BCUT2D eigenvalue weighted by molar-refractivity contribution is 0.678. The predicted molar refractivity (Wildman–Crippen MR) is 82.6 cm³/mol. The molecule has 0 spiro atoms. The molecule has 1 aromatic carbocycles. The van der Waals surface area contributed by atoms with Crippen LogP contribution in [0.15, 0.2) is 28.9 Å². The Balaban J connectivity index is 2.14. The molecule has 0 aliphatic heterocycles. The molecule has 0 bridgehead atoms. The van der Waals surface area contributed by atoms with Gasteiger partial charge in [0.2, 0.25) is 0 Å². The summed E-state index contributed by atoms with van der Waals surface area (Å²) in [4.78, 5) is 0. The molecule has 1 N–H and O–H groups in total. The highest BCUT2D eigenvalue weighted by atomic mass is 79.9. The van der Waals surface area contributed by atoms with Crippen LogP contribution in [0, 0.1) is 6.92 Å². The van der Waals surface area contributed by atoms with Crippen LogP contribution in [-0.4, -0.2) is 16.3 Å². The Hall–Kier alpha value is -0.840. The third-order valence-corrected chi connectivity index (χ3v) is 3.81. The lowest BCUT2D eigenvalue weighted by Crippen LogP contribution is -2.11. The third-order valence-electron chi connectivity index (χ3n) is 2.96. The van der Waals surface area contributed by atoms with Gasteiger partial charge in [-0.3, -0.25) is 4.68 Å². The van der Waals surface area contributed by atoms with Crippen molar-refractivity contribution in [3.63, 3.8) is 0 Å². The fourth-order valence-corrected chi connectivity index (χ4v) is 2.63. The van der Waals surface area contributed by atoms with E-state index in [-0.39, 0.29) is 0 Å². The molecular weight excluding hydrogens is 326 g/mol. The fraction of sp³-hybridized carbons (Fsp3) is 0.357. The van der Waals surface area contributed by atoms with E-state index in [4.69, 9.17) is 11.6 Å². The lowest BCUT2D eigenvalue weighted by Gasteiger charge is -2.05. The number of hydrogen-bond acceptors (Lipinski definition) is 2. The number of benzene rings is 1. The zero-order chi connectivity index (χ0) is 13.8. The molecule has 0 unspecified atom stereocenters. The van der Waals surface area contributed by atoms with Gasteiger partial charge in [0.25, 0.3) is 0 Å². The van der Waals surface area contributed by atoms with Crippen molar-refractivity contribution >= 4 is 27.5 Å². The van der Waals surface area contributed by atoms with E-state index in [2.05, 4.69) is 39.5 Å². The molecule has 1 heterocycles. The van der Waals surface area contributed by atoms with Gasteiger partial charge in [0.15, 0.2) is 0 Å². The Bertz CT molecular complexity index is 566. The first-order valence-electron chi connectivity index (χ1n) is 6.27. The number of nitrogens with zero attached hydrogens (tertiary/aromatic N) is 2. The second kappa shape index (κ2) is 6.55. The zero-order valence-corrected chi connectivity index (χ0v) is 13.4. The van der Waals surface area contributed by atoms with Crippen LogP contribution in [0.3, 0.4) is 0 Å². The molecule has 0 fully saturated rings. The third kappa shape index (κ3) is 3.81. The molecule has 2 aromatic rings. The van der Waals surface area contributed by atoms with Gasteiger partial charge in [0.1, 0.15) is 0 Å². The summed E-state index contributed by atoms with van der Waals surface area (Å²) in [6.07, 6.45) is 2.08. The smallest absolute Gasteiger partial charge is 0.0674 e. The average molecular weight is 343 g/mol. The molecule has 5 heteroatoms. The van der Waals surface area contributed by atoms with Crippen molar-refractivity contribution in [2.75, 3.05) is 6.54 Å². The highest BCUT2D eigenvalue weighted by Gasteiger charge is 2.07. The topological polar surface area (TPSA) is 29.9 Å². The molecule has 3 nitrogen and oxygen atoms in total. The fourth-order valence-electron chi connectivity index (χ4n) is 1.90. The van der Waals surface area contributed by atoms with E-state index in [0.717, 1.165) is 33.8 Å². The maximum Gasteiger partial charge on any atom is 0.0674 e. The van der Waals surface area contributed by atoms with Crippen molar-refractivity contribution in [3.8, 4) is 0 Å². The van der Waals surface area contributed by atoms with Gasteiger partial charge in [-0.2, -0.15) is 5.10 Å². The van der Waals surface area contributed by atoms with E-state index in [9.17, 15) is 0 Å². The molecule has 0 radical (unpaired) electrons. The standard InChI is InChI=1S/C14H17BrClN3/c1-3-17-7-12-9-19(18-10(12)2)8-11-4-5-13(15)6-14(11)16/h4-6,9,17H,3,7-8H2,1-2H3. The summed E-state index contributed by atoms with van der Waals surface area (Å²) in [7, 11) is 0. The first kappa shape index (κ1) is 14.6. The molecule has 102 valence electrons. The maximum absolute atomic E-state index is 6.23. The van der Waals surface area contributed by atoms with Crippen molar-refractivity contribution < 1.29 is 0 Å². The maximum atomic E-state index is 6.23. The number of nitrogens with one attached hydrogen (secondary N) is 1. The Kier molecular flexibility index (Phi) is 5.02. The lowest BCUT2D eigenvalue weighted by atomic mass is 10.2. The largest absolute Gasteiger partial charge is 0.313 e. The van der Waals surface area contributed by atoms with Gasteiger partial charge in [0, 0.05) is 27.8 Å². The molecular formula is C14H17BrClN3. The Morgan fingerprint density at radius 1 is 1.37 bits per heavy atom. The molecule has 0 aliphatic carbocycles. The van der Waals surface area contributed by atoms with Crippen LogP contribution < -0.4 is 5.32 Å². The normalized spacial score (nSPS) is 10.9. The number of hydrogen-bond donors (Lipinski definition) is 1. The van der Waals surface area contributed by atoms with E-state index in [1.54, 1.807) is 0 Å². The van der Waals surface area contributed by atoms with Gasteiger partial charge in [-0.25, -0.2) is 0 Å². The van der Waals surface area contributed by atoms with Crippen LogP contribution in [0.5, 0.6) is 0 Å². The van der Waals surface area contributed by atoms with Gasteiger partial charge in [-0.1, -0.05) is 40.5 Å². The van der Waals surface area contributed by atoms with Crippen LogP contribution in [0.1, 0.15) is 23.7 Å². The highest BCUT2D eigenvalue weighted by molar-refractivity contribution is 9.10. The number of halogens is 2. The van der Waals surface area contributed by atoms with E-state index in [1.807, 2.05) is 29.8 Å². The quantitative estimate of drug-likeness (QED) is 0.896. The number of rotatable bonds is 5. The Morgan fingerprint density at radius 2 is 2.16 bits per heavy atom. The predicted octanol–water partition coefficient (Wildman–Crippen LogP) is 3.77. The molecule has 0 saturated heterocycles. The number of aryl methyl sites for hydroxylation is 1. The summed E-state index contributed by atoms with van der Waals surface area (Å²) >= 11 is 9.64. The molecule has 0 saturated carbocycles. The summed E-state index contributed by atoms with van der Waals surface area (Å²) in [6.45, 7) is 6.65. The zero-order valence-electron chi connectivity index (χ0n) is 11.1. The van der Waals surface area contributed by atoms with Crippen molar-refractivity contribution in [1.82, 2.24) is 15.1 Å². The van der Waals surface area contributed by atoms with Crippen LogP contribution in [0.4, 0.5) is 0 Å². The highest BCUT2D eigenvalue weighted by Crippen LogP contribution is 2.22. The van der Waals surface area contributed by atoms with Crippen LogP contribution in [0.25, 0.3) is 0 Å². The van der Waals surface area contributed by atoms with Gasteiger partial charge in [0.05, 0.1) is 12.2 Å². The summed E-state index contributed by atoms with van der Waals surface area (Å²) in [5.74, 6) is 0. The summed E-state index contributed by atoms with van der Waals surface area (Å²) in [6, 6.07) is 5.93. The summed E-state index contributed by atoms with van der Waals surface area (Å²) in [5.41, 5.74) is 3.37. The minimum absolute atomic E-state index is 0.694. The monoisotopic (exact) mass is 341 g/mol. The second-order valence-corrected chi connectivity index (χ2v) is 5.78. The Morgan fingerprint density at radius 3 is 2.84 bits per heavy atom. The molecule has 1 aromatic heterocycles. The van der Waals surface area contributed by atoms with Gasteiger partial charge < -0.3 is 5.32 Å². The SMILES string of the molecule is CCNCc1cn(Cc2ccc(Br)cc2Cl)nc1C. The molecule has 2 rings (SSSR count). The van der Waals surface area contributed by atoms with Crippen molar-refractivity contribution in [2.45, 2.75) is 26.9 Å². The van der Waals surface area contributed by atoms with Gasteiger partial charge >= 0.3 is 0 Å². The molecule has 0 amide bonds. The summed E-state index contributed by atoms with van der Waals surface area (Å²) < 4.78 is 2.93. The molecule has 0 atom stereocenters.